The van der Waals surface area contributed by atoms with Gasteiger partial charge >= 0.3 is 0 Å². The van der Waals surface area contributed by atoms with Gasteiger partial charge in [-0.3, -0.25) is 0 Å². The molecule has 0 aliphatic carbocycles. The van der Waals surface area contributed by atoms with Gasteiger partial charge in [-0.2, -0.15) is 11.3 Å². The third-order valence-electron chi connectivity index (χ3n) is 2.08. The van der Waals surface area contributed by atoms with Gasteiger partial charge in [-0.15, -0.1) is 0 Å². The number of anilines is 2. The topological polar surface area (TPSA) is 84.1 Å². The molecule has 2 aromatic heterocycles. The Morgan fingerprint density at radius 1 is 1.44 bits per heavy atom. The van der Waals surface area contributed by atoms with E-state index in [0.29, 0.717) is 18.2 Å². The van der Waals surface area contributed by atoms with Crippen molar-refractivity contribution in [2.45, 2.75) is 6.10 Å². The predicted octanol–water partition coefficient (Wildman–Crippen LogP) is 1.27. The third-order valence-corrected chi connectivity index (χ3v) is 2.78. The van der Waals surface area contributed by atoms with E-state index in [1.807, 2.05) is 16.8 Å². The first-order valence-corrected chi connectivity index (χ1v) is 5.71. The minimum Gasteiger partial charge on any atom is -0.387 e. The number of hydrogen-bond acceptors (Lipinski definition) is 6. The van der Waals surface area contributed by atoms with Crippen LogP contribution in [-0.4, -0.2) is 21.6 Å². The highest BCUT2D eigenvalue weighted by molar-refractivity contribution is 7.07. The molecule has 0 aliphatic rings. The molecule has 0 aliphatic heterocycles. The lowest BCUT2D eigenvalue weighted by molar-refractivity contribution is 0.192. The molecule has 2 heterocycles. The molecule has 1 unspecified atom stereocenters. The summed E-state index contributed by atoms with van der Waals surface area (Å²) in [4.78, 5) is 7.92. The molecule has 5 nitrogen and oxygen atoms in total. The standard InChI is InChI=1S/C10H12N4OS/c11-9-4-14-10(5-12-9)13-3-8(15)7-1-2-16-6-7/h1-2,4-6,8,15H,3H2,(H2,11,12)(H,13,14). The first-order valence-electron chi connectivity index (χ1n) is 4.77. The van der Waals surface area contributed by atoms with Crippen LogP contribution in [0.3, 0.4) is 0 Å². The minimum atomic E-state index is -0.536. The van der Waals surface area contributed by atoms with Crippen LogP contribution in [0.2, 0.25) is 0 Å². The molecule has 2 rings (SSSR count). The van der Waals surface area contributed by atoms with Gasteiger partial charge in [-0.05, 0) is 22.4 Å². The Hall–Kier alpha value is -1.66. The monoisotopic (exact) mass is 236 g/mol. The maximum absolute atomic E-state index is 9.80. The zero-order valence-electron chi connectivity index (χ0n) is 8.50. The number of nitrogens with two attached hydrogens (primary N) is 1. The molecule has 0 saturated carbocycles. The van der Waals surface area contributed by atoms with E-state index < -0.39 is 6.10 Å². The number of nitrogens with zero attached hydrogens (tertiary/aromatic N) is 2. The van der Waals surface area contributed by atoms with Crippen LogP contribution in [0.25, 0.3) is 0 Å². The Bertz CT molecular complexity index is 429. The summed E-state index contributed by atoms with van der Waals surface area (Å²) in [6.07, 6.45) is 2.47. The van der Waals surface area contributed by atoms with Crippen molar-refractivity contribution in [2.75, 3.05) is 17.6 Å². The van der Waals surface area contributed by atoms with E-state index in [4.69, 9.17) is 5.73 Å². The fourth-order valence-corrected chi connectivity index (χ4v) is 1.92. The third kappa shape index (κ3) is 2.68. The van der Waals surface area contributed by atoms with Crippen molar-refractivity contribution in [3.8, 4) is 0 Å². The van der Waals surface area contributed by atoms with Gasteiger partial charge in [0.1, 0.15) is 11.6 Å². The average molecular weight is 236 g/mol. The lowest BCUT2D eigenvalue weighted by Crippen LogP contribution is -2.12. The van der Waals surface area contributed by atoms with E-state index in [-0.39, 0.29) is 0 Å². The van der Waals surface area contributed by atoms with Crippen molar-refractivity contribution >= 4 is 23.0 Å². The number of nitrogen functional groups attached to an aromatic ring is 1. The van der Waals surface area contributed by atoms with Crippen molar-refractivity contribution < 1.29 is 5.11 Å². The Morgan fingerprint density at radius 3 is 2.94 bits per heavy atom. The second-order valence-electron chi connectivity index (χ2n) is 3.28. The van der Waals surface area contributed by atoms with Gasteiger partial charge < -0.3 is 16.2 Å². The highest BCUT2D eigenvalue weighted by atomic mass is 32.1. The Balaban J connectivity index is 1.90. The van der Waals surface area contributed by atoms with Crippen LogP contribution in [0.4, 0.5) is 11.6 Å². The van der Waals surface area contributed by atoms with Crippen molar-refractivity contribution in [3.05, 3.63) is 34.8 Å². The first kappa shape index (κ1) is 10.8. The average Bonchev–Trinajstić information content (AvgIpc) is 2.81. The van der Waals surface area contributed by atoms with E-state index >= 15 is 0 Å². The quantitative estimate of drug-likeness (QED) is 0.744. The summed E-state index contributed by atoms with van der Waals surface area (Å²) in [5.74, 6) is 0.979. The van der Waals surface area contributed by atoms with E-state index in [9.17, 15) is 5.11 Å². The fourth-order valence-electron chi connectivity index (χ4n) is 1.21. The molecule has 0 fully saturated rings. The Morgan fingerprint density at radius 2 is 2.31 bits per heavy atom. The SMILES string of the molecule is Nc1cnc(NCC(O)c2ccsc2)cn1. The van der Waals surface area contributed by atoms with Gasteiger partial charge in [0.15, 0.2) is 0 Å². The Kier molecular flexibility index (Phi) is 3.33. The second kappa shape index (κ2) is 4.91. The molecule has 0 amide bonds. The first-order chi connectivity index (χ1) is 7.75. The van der Waals surface area contributed by atoms with Gasteiger partial charge in [0, 0.05) is 6.54 Å². The number of rotatable bonds is 4. The van der Waals surface area contributed by atoms with Crippen molar-refractivity contribution in [1.82, 2.24) is 9.97 Å². The molecule has 16 heavy (non-hydrogen) atoms. The van der Waals surface area contributed by atoms with Gasteiger partial charge in [0.25, 0.3) is 0 Å². The normalized spacial score (nSPS) is 12.3. The van der Waals surface area contributed by atoms with Crippen LogP contribution in [0, 0.1) is 0 Å². The highest BCUT2D eigenvalue weighted by Crippen LogP contribution is 2.16. The molecule has 0 bridgehead atoms. The molecule has 0 saturated heterocycles. The molecule has 6 heteroatoms. The molecular formula is C10H12N4OS. The number of nitrogens with one attached hydrogen (secondary N) is 1. The van der Waals surface area contributed by atoms with E-state index in [0.717, 1.165) is 5.56 Å². The summed E-state index contributed by atoms with van der Waals surface area (Å²) >= 11 is 1.56. The maximum Gasteiger partial charge on any atom is 0.144 e. The summed E-state index contributed by atoms with van der Waals surface area (Å²) in [5.41, 5.74) is 6.31. The van der Waals surface area contributed by atoms with E-state index in [1.54, 1.807) is 11.3 Å². The van der Waals surface area contributed by atoms with Gasteiger partial charge in [-0.25, -0.2) is 9.97 Å². The van der Waals surface area contributed by atoms with Crippen molar-refractivity contribution in [1.29, 1.82) is 0 Å². The van der Waals surface area contributed by atoms with Crippen LogP contribution in [0.15, 0.2) is 29.2 Å². The predicted molar refractivity (Wildman–Crippen MR) is 64.2 cm³/mol. The molecular weight excluding hydrogens is 224 g/mol. The van der Waals surface area contributed by atoms with Crippen LogP contribution < -0.4 is 11.1 Å². The van der Waals surface area contributed by atoms with Crippen molar-refractivity contribution in [2.24, 2.45) is 0 Å². The number of hydrogen-bond donors (Lipinski definition) is 3. The Labute approximate surface area is 97.0 Å². The lowest BCUT2D eigenvalue weighted by Gasteiger charge is -2.10. The minimum absolute atomic E-state index is 0.379. The fraction of sp³-hybridized carbons (Fsp3) is 0.200. The number of aliphatic hydroxyl groups is 1. The molecule has 84 valence electrons. The second-order valence-corrected chi connectivity index (χ2v) is 4.06. The molecule has 2 aromatic rings. The van der Waals surface area contributed by atoms with Crippen LogP contribution >= 0.6 is 11.3 Å². The van der Waals surface area contributed by atoms with Crippen LogP contribution in [-0.2, 0) is 0 Å². The van der Waals surface area contributed by atoms with E-state index in [2.05, 4.69) is 15.3 Å². The van der Waals surface area contributed by atoms with Gasteiger partial charge in [0.05, 0.1) is 18.5 Å². The van der Waals surface area contributed by atoms with Gasteiger partial charge in [-0.1, -0.05) is 0 Å². The molecule has 4 N–H and O–H groups in total. The zero-order chi connectivity index (χ0) is 11.4. The zero-order valence-corrected chi connectivity index (χ0v) is 9.31. The largest absolute Gasteiger partial charge is 0.387 e. The van der Waals surface area contributed by atoms with Crippen LogP contribution in [0.1, 0.15) is 11.7 Å². The van der Waals surface area contributed by atoms with Crippen molar-refractivity contribution in [3.63, 3.8) is 0 Å². The van der Waals surface area contributed by atoms with Crippen LogP contribution in [0.5, 0.6) is 0 Å². The number of aromatic nitrogens is 2. The molecule has 0 spiro atoms. The summed E-state index contributed by atoms with van der Waals surface area (Å²) < 4.78 is 0. The molecule has 0 aromatic carbocycles. The molecule has 1 atom stereocenters. The highest BCUT2D eigenvalue weighted by Gasteiger charge is 2.07. The lowest BCUT2D eigenvalue weighted by atomic mass is 10.2. The summed E-state index contributed by atoms with van der Waals surface area (Å²) in [5, 5.41) is 16.6. The number of aliphatic hydroxyl groups excluding tert-OH is 1. The maximum atomic E-state index is 9.80. The summed E-state index contributed by atoms with van der Waals surface area (Å²) in [7, 11) is 0. The molecule has 0 radical (unpaired) electrons. The summed E-state index contributed by atoms with van der Waals surface area (Å²) in [6.45, 7) is 0.398. The van der Waals surface area contributed by atoms with E-state index in [1.165, 1.54) is 12.4 Å². The smallest absolute Gasteiger partial charge is 0.144 e. The summed E-state index contributed by atoms with van der Waals surface area (Å²) in [6, 6.07) is 1.89. The number of thiophene rings is 1. The van der Waals surface area contributed by atoms with Gasteiger partial charge in [0.2, 0.25) is 0 Å².